The van der Waals surface area contributed by atoms with Crippen LogP contribution in [0.25, 0.3) is 0 Å². The highest BCUT2D eigenvalue weighted by Crippen LogP contribution is 2.42. The van der Waals surface area contributed by atoms with Gasteiger partial charge in [0.05, 0.1) is 0 Å². The van der Waals surface area contributed by atoms with Crippen molar-refractivity contribution in [2.24, 2.45) is 0 Å². The van der Waals surface area contributed by atoms with Crippen LogP contribution >= 0.6 is 0 Å². The maximum Gasteiger partial charge on any atom is 0.143 e. The normalized spacial score (nSPS) is 16.8. The molecule has 0 aliphatic heterocycles. The predicted molar refractivity (Wildman–Crippen MR) is 46.0 cm³/mol. The van der Waals surface area contributed by atoms with Crippen molar-refractivity contribution in [1.29, 1.82) is 0 Å². The molecule has 1 N–H and O–H groups in total. The van der Waals surface area contributed by atoms with Crippen LogP contribution in [0.15, 0.2) is 4.52 Å². The molecule has 0 spiro atoms. The summed E-state index contributed by atoms with van der Waals surface area (Å²) in [5, 5.41) is 7.10. The third-order valence-corrected chi connectivity index (χ3v) is 2.35. The van der Waals surface area contributed by atoms with Crippen LogP contribution in [0.2, 0.25) is 0 Å². The molecule has 66 valence electrons. The van der Waals surface area contributed by atoms with Crippen molar-refractivity contribution < 1.29 is 4.52 Å². The van der Waals surface area contributed by atoms with Crippen molar-refractivity contribution >= 4 is 0 Å². The lowest BCUT2D eigenvalue weighted by atomic mass is 10.1. The van der Waals surface area contributed by atoms with Crippen molar-refractivity contribution in [3.05, 3.63) is 17.0 Å². The van der Waals surface area contributed by atoms with E-state index < -0.39 is 0 Å². The third-order valence-electron chi connectivity index (χ3n) is 2.35. The highest BCUT2D eigenvalue weighted by molar-refractivity contribution is 5.26. The predicted octanol–water partition coefficient (Wildman–Crippen LogP) is 1.58. The maximum absolute atomic E-state index is 5.28. The van der Waals surface area contributed by atoms with Gasteiger partial charge < -0.3 is 9.84 Å². The summed E-state index contributed by atoms with van der Waals surface area (Å²) in [5.74, 6) is 1.78. The first kappa shape index (κ1) is 7.80. The van der Waals surface area contributed by atoms with E-state index in [-0.39, 0.29) is 0 Å². The Kier molecular flexibility index (Phi) is 1.89. The van der Waals surface area contributed by atoms with E-state index in [9.17, 15) is 0 Å². The highest BCUT2D eigenvalue weighted by atomic mass is 16.5. The van der Waals surface area contributed by atoms with Crippen LogP contribution in [0, 0.1) is 6.92 Å². The summed E-state index contributed by atoms with van der Waals surface area (Å²) in [6, 6.07) is 0. The molecular formula is C9H14N2O. The van der Waals surface area contributed by atoms with Gasteiger partial charge in [-0.2, -0.15) is 0 Å². The fraction of sp³-hybridized carbons (Fsp3) is 0.667. The molecule has 0 unspecified atom stereocenters. The van der Waals surface area contributed by atoms with Crippen LogP contribution in [0.4, 0.5) is 0 Å². The summed E-state index contributed by atoms with van der Waals surface area (Å²) >= 11 is 0. The minimum Gasteiger partial charge on any atom is -0.361 e. The van der Waals surface area contributed by atoms with Crippen LogP contribution in [0.5, 0.6) is 0 Å². The van der Waals surface area contributed by atoms with Crippen LogP contribution in [0.1, 0.15) is 35.8 Å². The summed E-state index contributed by atoms with van der Waals surface area (Å²) < 4.78 is 5.28. The standard InChI is InChI=1S/C9H14N2O/c1-6-8(5-10-2)11-12-9(6)7-3-4-7/h7,10H,3-5H2,1-2H3. The van der Waals surface area contributed by atoms with Crippen LogP contribution in [0.3, 0.4) is 0 Å². The molecule has 1 aromatic heterocycles. The second kappa shape index (κ2) is 2.90. The average molecular weight is 166 g/mol. The summed E-state index contributed by atoms with van der Waals surface area (Å²) in [4.78, 5) is 0. The van der Waals surface area contributed by atoms with Crippen molar-refractivity contribution in [2.75, 3.05) is 7.05 Å². The first-order valence-corrected chi connectivity index (χ1v) is 4.42. The number of hydrogen-bond donors (Lipinski definition) is 1. The molecule has 1 fully saturated rings. The van der Waals surface area contributed by atoms with Crippen molar-refractivity contribution in [1.82, 2.24) is 10.5 Å². The zero-order chi connectivity index (χ0) is 8.55. The fourth-order valence-electron chi connectivity index (χ4n) is 1.44. The third kappa shape index (κ3) is 1.25. The van der Waals surface area contributed by atoms with Crippen LogP contribution in [-0.2, 0) is 6.54 Å². The van der Waals surface area contributed by atoms with Crippen molar-refractivity contribution in [3.63, 3.8) is 0 Å². The van der Waals surface area contributed by atoms with E-state index in [2.05, 4.69) is 17.4 Å². The second-order valence-corrected chi connectivity index (χ2v) is 3.42. The summed E-state index contributed by atoms with van der Waals surface area (Å²) in [5.41, 5.74) is 2.30. The molecule has 2 rings (SSSR count). The molecule has 1 aromatic rings. The SMILES string of the molecule is CNCc1noc(C2CC2)c1C. The Hall–Kier alpha value is -0.830. The quantitative estimate of drug-likeness (QED) is 0.740. The fourth-order valence-corrected chi connectivity index (χ4v) is 1.44. The van der Waals surface area contributed by atoms with Gasteiger partial charge >= 0.3 is 0 Å². The molecule has 3 heteroatoms. The van der Waals surface area contributed by atoms with Gasteiger partial charge in [-0.05, 0) is 26.8 Å². The smallest absolute Gasteiger partial charge is 0.143 e. The lowest BCUT2D eigenvalue weighted by Crippen LogP contribution is -2.06. The van der Waals surface area contributed by atoms with Crippen LogP contribution < -0.4 is 5.32 Å². The molecule has 1 heterocycles. The summed E-state index contributed by atoms with van der Waals surface area (Å²) in [6.45, 7) is 2.90. The largest absolute Gasteiger partial charge is 0.361 e. The number of nitrogens with zero attached hydrogens (tertiary/aromatic N) is 1. The van der Waals surface area contributed by atoms with Gasteiger partial charge in [0.25, 0.3) is 0 Å². The summed E-state index contributed by atoms with van der Waals surface area (Å²) in [6.07, 6.45) is 2.55. The Labute approximate surface area is 72.1 Å². The van der Waals surface area contributed by atoms with Gasteiger partial charge in [-0.1, -0.05) is 5.16 Å². The molecule has 1 aliphatic rings. The molecule has 0 saturated heterocycles. The molecule has 0 amide bonds. The number of nitrogens with one attached hydrogen (secondary N) is 1. The monoisotopic (exact) mass is 166 g/mol. The zero-order valence-electron chi connectivity index (χ0n) is 7.55. The van der Waals surface area contributed by atoms with Gasteiger partial charge in [-0.25, -0.2) is 0 Å². The first-order chi connectivity index (χ1) is 5.83. The Morgan fingerprint density at radius 3 is 2.92 bits per heavy atom. The number of aromatic nitrogens is 1. The van der Waals surface area contributed by atoms with E-state index in [1.807, 2.05) is 7.05 Å². The van der Waals surface area contributed by atoms with E-state index in [0.717, 1.165) is 18.0 Å². The number of hydrogen-bond acceptors (Lipinski definition) is 3. The highest BCUT2D eigenvalue weighted by Gasteiger charge is 2.30. The second-order valence-electron chi connectivity index (χ2n) is 3.42. The lowest BCUT2D eigenvalue weighted by molar-refractivity contribution is 0.376. The Morgan fingerprint density at radius 1 is 1.58 bits per heavy atom. The zero-order valence-corrected chi connectivity index (χ0v) is 7.55. The molecular weight excluding hydrogens is 152 g/mol. The number of rotatable bonds is 3. The lowest BCUT2D eigenvalue weighted by Gasteiger charge is -1.94. The topological polar surface area (TPSA) is 38.1 Å². The minimum atomic E-state index is 0.670. The maximum atomic E-state index is 5.28. The van der Waals surface area contributed by atoms with Gasteiger partial charge in [-0.15, -0.1) is 0 Å². The van der Waals surface area contributed by atoms with E-state index >= 15 is 0 Å². The van der Waals surface area contributed by atoms with E-state index in [1.165, 1.54) is 18.4 Å². The Balaban J connectivity index is 2.21. The van der Waals surface area contributed by atoms with E-state index in [1.54, 1.807) is 0 Å². The molecule has 0 atom stereocenters. The Morgan fingerprint density at radius 2 is 2.33 bits per heavy atom. The van der Waals surface area contributed by atoms with Crippen molar-refractivity contribution in [2.45, 2.75) is 32.2 Å². The van der Waals surface area contributed by atoms with E-state index in [0.29, 0.717) is 5.92 Å². The Bertz CT molecular complexity index is 276. The summed E-state index contributed by atoms with van der Waals surface area (Å²) in [7, 11) is 1.92. The average Bonchev–Trinajstić information content (AvgIpc) is 2.82. The van der Waals surface area contributed by atoms with Crippen molar-refractivity contribution in [3.8, 4) is 0 Å². The first-order valence-electron chi connectivity index (χ1n) is 4.42. The molecule has 12 heavy (non-hydrogen) atoms. The molecule has 0 aromatic carbocycles. The van der Waals surface area contributed by atoms with Gasteiger partial charge in [0.1, 0.15) is 11.5 Å². The minimum absolute atomic E-state index is 0.670. The van der Waals surface area contributed by atoms with Crippen LogP contribution in [-0.4, -0.2) is 12.2 Å². The van der Waals surface area contributed by atoms with Gasteiger partial charge in [0, 0.05) is 18.0 Å². The molecule has 0 bridgehead atoms. The van der Waals surface area contributed by atoms with E-state index in [4.69, 9.17) is 4.52 Å². The van der Waals surface area contributed by atoms with Gasteiger partial charge in [0.2, 0.25) is 0 Å². The molecule has 1 saturated carbocycles. The van der Waals surface area contributed by atoms with Gasteiger partial charge in [-0.3, -0.25) is 0 Å². The van der Waals surface area contributed by atoms with Gasteiger partial charge in [0.15, 0.2) is 0 Å². The molecule has 0 radical (unpaired) electrons. The molecule has 3 nitrogen and oxygen atoms in total. The molecule has 1 aliphatic carbocycles.